The molecule has 0 unspecified atom stereocenters. The van der Waals surface area contributed by atoms with E-state index in [0.29, 0.717) is 0 Å². The minimum Gasteiger partial charge on any atom is -0.464 e. The molecule has 0 aliphatic heterocycles. The standard InChI is InChI=1S/C9H8OS/c1-7-5-8(6-11-7)9-3-2-4-10-9/h2-6H,1H3. The SMILES string of the molecule is Cc1cc(-c2ccco2)cs1. The van der Waals surface area contributed by atoms with Crippen molar-refractivity contribution in [2.45, 2.75) is 6.92 Å². The molecular weight excluding hydrogens is 156 g/mol. The van der Waals surface area contributed by atoms with Gasteiger partial charge in [-0.2, -0.15) is 0 Å². The molecule has 0 bridgehead atoms. The fraction of sp³-hybridized carbons (Fsp3) is 0.111. The lowest BCUT2D eigenvalue weighted by atomic mass is 10.2. The first-order valence-electron chi connectivity index (χ1n) is 3.45. The maximum absolute atomic E-state index is 5.24. The molecule has 2 rings (SSSR count). The number of hydrogen-bond donors (Lipinski definition) is 0. The van der Waals surface area contributed by atoms with Crippen LogP contribution in [0.25, 0.3) is 11.3 Å². The number of aryl methyl sites for hydroxylation is 1. The zero-order chi connectivity index (χ0) is 7.68. The molecule has 2 heteroatoms. The van der Waals surface area contributed by atoms with Gasteiger partial charge in [-0.15, -0.1) is 11.3 Å². The van der Waals surface area contributed by atoms with Crippen LogP contribution in [0.15, 0.2) is 34.3 Å². The van der Waals surface area contributed by atoms with Crippen molar-refractivity contribution >= 4 is 11.3 Å². The van der Waals surface area contributed by atoms with Gasteiger partial charge in [0.25, 0.3) is 0 Å². The van der Waals surface area contributed by atoms with Gasteiger partial charge < -0.3 is 4.42 Å². The Morgan fingerprint density at radius 1 is 1.45 bits per heavy atom. The lowest BCUT2D eigenvalue weighted by Crippen LogP contribution is -1.63. The Labute approximate surface area is 69.3 Å². The van der Waals surface area contributed by atoms with Gasteiger partial charge in [-0.1, -0.05) is 0 Å². The summed E-state index contributed by atoms with van der Waals surface area (Å²) in [6.45, 7) is 2.09. The molecule has 0 radical (unpaired) electrons. The normalized spacial score (nSPS) is 10.3. The van der Waals surface area contributed by atoms with E-state index >= 15 is 0 Å². The van der Waals surface area contributed by atoms with Crippen LogP contribution < -0.4 is 0 Å². The van der Waals surface area contributed by atoms with Crippen LogP contribution >= 0.6 is 11.3 Å². The highest BCUT2D eigenvalue weighted by Gasteiger charge is 2.00. The van der Waals surface area contributed by atoms with Gasteiger partial charge >= 0.3 is 0 Å². The number of rotatable bonds is 1. The second-order valence-corrected chi connectivity index (χ2v) is 3.54. The van der Waals surface area contributed by atoms with Gasteiger partial charge in [0.1, 0.15) is 5.76 Å². The van der Waals surface area contributed by atoms with E-state index in [1.807, 2.05) is 12.1 Å². The molecule has 0 atom stereocenters. The highest BCUT2D eigenvalue weighted by molar-refractivity contribution is 7.10. The van der Waals surface area contributed by atoms with Crippen molar-refractivity contribution in [1.82, 2.24) is 0 Å². The quantitative estimate of drug-likeness (QED) is 0.630. The predicted molar refractivity (Wildman–Crippen MR) is 46.8 cm³/mol. The van der Waals surface area contributed by atoms with Crippen LogP contribution in [0.4, 0.5) is 0 Å². The molecule has 0 saturated heterocycles. The van der Waals surface area contributed by atoms with Crippen LogP contribution in [0.5, 0.6) is 0 Å². The van der Waals surface area contributed by atoms with Gasteiger partial charge in [0, 0.05) is 15.8 Å². The van der Waals surface area contributed by atoms with Crippen molar-refractivity contribution in [3.05, 3.63) is 34.7 Å². The van der Waals surface area contributed by atoms with E-state index in [0.717, 1.165) is 5.76 Å². The number of thiophene rings is 1. The Hall–Kier alpha value is -1.02. The zero-order valence-corrected chi connectivity index (χ0v) is 7.02. The Morgan fingerprint density at radius 3 is 2.91 bits per heavy atom. The lowest BCUT2D eigenvalue weighted by Gasteiger charge is -1.86. The minimum atomic E-state index is 0.953. The van der Waals surface area contributed by atoms with Crippen LogP contribution in [-0.4, -0.2) is 0 Å². The summed E-state index contributed by atoms with van der Waals surface area (Å²) in [4.78, 5) is 1.32. The van der Waals surface area contributed by atoms with E-state index in [1.54, 1.807) is 17.6 Å². The molecule has 0 fully saturated rings. The van der Waals surface area contributed by atoms with E-state index in [1.165, 1.54) is 10.4 Å². The van der Waals surface area contributed by atoms with Gasteiger partial charge in [0.2, 0.25) is 0 Å². The Bertz CT molecular complexity index is 332. The van der Waals surface area contributed by atoms with Crippen molar-refractivity contribution in [2.75, 3.05) is 0 Å². The van der Waals surface area contributed by atoms with Crippen molar-refractivity contribution in [2.24, 2.45) is 0 Å². The average Bonchev–Trinajstić information content (AvgIpc) is 2.55. The molecule has 0 spiro atoms. The van der Waals surface area contributed by atoms with Crippen LogP contribution in [0.3, 0.4) is 0 Å². The fourth-order valence-electron chi connectivity index (χ4n) is 1.02. The first kappa shape index (κ1) is 6.68. The third-order valence-electron chi connectivity index (χ3n) is 1.54. The summed E-state index contributed by atoms with van der Waals surface area (Å²) in [6.07, 6.45) is 1.70. The molecule has 0 aliphatic rings. The van der Waals surface area contributed by atoms with Gasteiger partial charge in [-0.05, 0) is 25.1 Å². The molecule has 11 heavy (non-hydrogen) atoms. The minimum absolute atomic E-state index is 0.953. The van der Waals surface area contributed by atoms with Crippen LogP contribution in [-0.2, 0) is 0 Å². The Morgan fingerprint density at radius 2 is 2.36 bits per heavy atom. The predicted octanol–water partition coefficient (Wildman–Crippen LogP) is 3.32. The van der Waals surface area contributed by atoms with Gasteiger partial charge in [-0.3, -0.25) is 0 Å². The summed E-state index contributed by atoms with van der Waals surface area (Å²) < 4.78 is 5.24. The molecule has 0 aliphatic carbocycles. The lowest BCUT2D eigenvalue weighted by molar-refractivity contribution is 0.582. The van der Waals surface area contributed by atoms with Crippen LogP contribution in [0.2, 0.25) is 0 Å². The molecule has 56 valence electrons. The largest absolute Gasteiger partial charge is 0.464 e. The van der Waals surface area contributed by atoms with Crippen molar-refractivity contribution < 1.29 is 4.42 Å². The van der Waals surface area contributed by atoms with Gasteiger partial charge in [0.05, 0.1) is 6.26 Å². The second kappa shape index (κ2) is 2.55. The number of hydrogen-bond acceptors (Lipinski definition) is 2. The monoisotopic (exact) mass is 164 g/mol. The van der Waals surface area contributed by atoms with Crippen molar-refractivity contribution in [3.63, 3.8) is 0 Å². The molecular formula is C9H8OS. The molecule has 0 amide bonds. The first-order valence-corrected chi connectivity index (χ1v) is 4.33. The summed E-state index contributed by atoms with van der Waals surface area (Å²) in [5.41, 5.74) is 1.18. The zero-order valence-electron chi connectivity index (χ0n) is 6.20. The molecule has 1 nitrogen and oxygen atoms in total. The van der Waals surface area contributed by atoms with Gasteiger partial charge in [0.15, 0.2) is 0 Å². The maximum atomic E-state index is 5.24. The maximum Gasteiger partial charge on any atom is 0.134 e. The van der Waals surface area contributed by atoms with Crippen molar-refractivity contribution in [3.8, 4) is 11.3 Å². The first-order chi connectivity index (χ1) is 5.36. The highest BCUT2D eigenvalue weighted by Crippen LogP contribution is 2.24. The second-order valence-electron chi connectivity index (χ2n) is 2.42. The summed E-state index contributed by atoms with van der Waals surface area (Å²) in [6, 6.07) is 6.01. The molecule has 0 N–H and O–H groups in total. The van der Waals surface area contributed by atoms with Gasteiger partial charge in [-0.25, -0.2) is 0 Å². The fourth-order valence-corrected chi connectivity index (χ4v) is 1.71. The third kappa shape index (κ3) is 1.21. The highest BCUT2D eigenvalue weighted by atomic mass is 32.1. The molecule has 0 aromatic carbocycles. The van der Waals surface area contributed by atoms with E-state index < -0.39 is 0 Å². The Balaban J connectivity index is 2.45. The van der Waals surface area contributed by atoms with Crippen LogP contribution in [0.1, 0.15) is 4.88 Å². The van der Waals surface area contributed by atoms with E-state index in [4.69, 9.17) is 4.42 Å². The van der Waals surface area contributed by atoms with E-state index in [2.05, 4.69) is 18.4 Å². The van der Waals surface area contributed by atoms with Crippen LogP contribution in [0, 0.1) is 6.92 Å². The molecule has 0 saturated carbocycles. The topological polar surface area (TPSA) is 13.1 Å². The summed E-state index contributed by atoms with van der Waals surface area (Å²) in [5.74, 6) is 0.953. The smallest absolute Gasteiger partial charge is 0.134 e. The number of furan rings is 1. The Kier molecular flexibility index (Phi) is 1.55. The summed E-state index contributed by atoms with van der Waals surface area (Å²) >= 11 is 1.74. The van der Waals surface area contributed by atoms with Crippen molar-refractivity contribution in [1.29, 1.82) is 0 Å². The molecule has 2 aromatic heterocycles. The molecule has 2 aromatic rings. The average molecular weight is 164 g/mol. The molecule has 2 heterocycles. The summed E-state index contributed by atoms with van der Waals surface area (Å²) in [5, 5.41) is 2.11. The third-order valence-corrected chi connectivity index (χ3v) is 2.40. The van der Waals surface area contributed by atoms with E-state index in [-0.39, 0.29) is 0 Å². The van der Waals surface area contributed by atoms with E-state index in [9.17, 15) is 0 Å². The summed E-state index contributed by atoms with van der Waals surface area (Å²) in [7, 11) is 0.